The first-order valence-corrected chi connectivity index (χ1v) is 13.1. The van der Waals surface area contributed by atoms with Gasteiger partial charge in [0.15, 0.2) is 0 Å². The SMILES string of the molecule is CC(C)(C)OC(=O)NC1CC(C#N)(N2Cc3cn(S(C)(=O)=O)nc3C2)COC1c1cc(F)ccc1F. The summed E-state index contributed by atoms with van der Waals surface area (Å²) >= 11 is 0. The number of alkyl carbamates (subject to hydrolysis) is 1. The third-order valence-electron chi connectivity index (χ3n) is 6.10. The van der Waals surface area contributed by atoms with E-state index in [1.54, 1.807) is 25.7 Å². The molecule has 2 aromatic rings. The molecule has 0 aliphatic carbocycles. The van der Waals surface area contributed by atoms with Crippen molar-refractivity contribution in [1.29, 1.82) is 5.26 Å². The lowest BCUT2D eigenvalue weighted by molar-refractivity contribution is -0.0889. The summed E-state index contributed by atoms with van der Waals surface area (Å²) in [4.78, 5) is 14.4. The molecule has 1 N–H and O–H groups in total. The predicted octanol–water partition coefficient (Wildman–Crippen LogP) is 2.60. The molecule has 0 radical (unpaired) electrons. The van der Waals surface area contributed by atoms with E-state index in [0.29, 0.717) is 11.3 Å². The minimum atomic E-state index is -3.56. The third-order valence-corrected chi connectivity index (χ3v) is 6.97. The van der Waals surface area contributed by atoms with Crippen LogP contribution in [-0.2, 0) is 32.6 Å². The highest BCUT2D eigenvalue weighted by atomic mass is 32.2. The lowest BCUT2D eigenvalue weighted by Crippen LogP contribution is -2.59. The van der Waals surface area contributed by atoms with Crippen LogP contribution in [0.5, 0.6) is 0 Å². The van der Waals surface area contributed by atoms with Crippen LogP contribution in [0.3, 0.4) is 0 Å². The van der Waals surface area contributed by atoms with Crippen LogP contribution in [0.4, 0.5) is 13.6 Å². The van der Waals surface area contributed by atoms with Gasteiger partial charge in [-0.05, 0) is 39.0 Å². The molecule has 1 saturated heterocycles. The molecule has 4 rings (SSSR count). The number of halogens is 2. The number of benzene rings is 1. The number of rotatable bonds is 4. The number of carbonyl (C=O) groups excluding carboxylic acids is 1. The molecular formula is C23H27F2N5O5S. The molecule has 1 aromatic carbocycles. The zero-order valence-electron chi connectivity index (χ0n) is 20.3. The fraction of sp³-hybridized carbons (Fsp3) is 0.522. The number of carbonyl (C=O) groups is 1. The van der Waals surface area contributed by atoms with Crippen molar-refractivity contribution in [2.75, 3.05) is 12.9 Å². The van der Waals surface area contributed by atoms with E-state index in [9.17, 15) is 27.3 Å². The van der Waals surface area contributed by atoms with E-state index in [1.807, 2.05) is 0 Å². The molecule has 2 aliphatic heterocycles. The molecular weight excluding hydrogens is 496 g/mol. The number of hydrogen-bond acceptors (Lipinski definition) is 8. The molecule has 1 aromatic heterocycles. The van der Waals surface area contributed by atoms with Gasteiger partial charge in [0.25, 0.3) is 10.0 Å². The van der Waals surface area contributed by atoms with Gasteiger partial charge < -0.3 is 14.8 Å². The van der Waals surface area contributed by atoms with Crippen LogP contribution >= 0.6 is 0 Å². The van der Waals surface area contributed by atoms with Crippen LogP contribution in [0.15, 0.2) is 24.4 Å². The van der Waals surface area contributed by atoms with Gasteiger partial charge in [-0.3, -0.25) is 4.90 Å². The van der Waals surface area contributed by atoms with E-state index >= 15 is 0 Å². The van der Waals surface area contributed by atoms with Gasteiger partial charge in [-0.1, -0.05) is 0 Å². The first kappa shape index (κ1) is 26.0. The van der Waals surface area contributed by atoms with Gasteiger partial charge in [0.2, 0.25) is 0 Å². The van der Waals surface area contributed by atoms with Crippen LogP contribution in [-0.4, -0.2) is 58.6 Å². The van der Waals surface area contributed by atoms with Crippen molar-refractivity contribution in [2.45, 2.75) is 63.6 Å². The Kier molecular flexibility index (Phi) is 6.57. The second kappa shape index (κ2) is 9.10. The Balaban J connectivity index is 1.63. The van der Waals surface area contributed by atoms with E-state index in [-0.39, 0.29) is 31.7 Å². The summed E-state index contributed by atoms with van der Waals surface area (Å²) in [6, 6.07) is 4.29. The fourth-order valence-electron chi connectivity index (χ4n) is 4.47. The number of nitrogens with zero attached hydrogens (tertiary/aromatic N) is 4. The molecule has 10 nitrogen and oxygen atoms in total. The highest BCUT2D eigenvalue weighted by Gasteiger charge is 2.50. The van der Waals surface area contributed by atoms with Crippen molar-refractivity contribution >= 4 is 16.1 Å². The second-order valence-electron chi connectivity index (χ2n) is 10.1. The van der Waals surface area contributed by atoms with Crippen LogP contribution in [0.1, 0.15) is 50.1 Å². The monoisotopic (exact) mass is 523 g/mol. The number of amides is 1. The van der Waals surface area contributed by atoms with E-state index in [1.165, 1.54) is 6.20 Å². The number of hydrogen-bond donors (Lipinski definition) is 1. The molecule has 1 fully saturated rings. The zero-order chi connectivity index (χ0) is 26.5. The van der Waals surface area contributed by atoms with Crippen molar-refractivity contribution in [1.82, 2.24) is 19.4 Å². The minimum Gasteiger partial charge on any atom is -0.444 e. The zero-order valence-corrected chi connectivity index (χ0v) is 21.1. The summed E-state index contributed by atoms with van der Waals surface area (Å²) in [5.41, 5.74) is -1.01. The van der Waals surface area contributed by atoms with Gasteiger partial charge in [0.05, 0.1) is 30.7 Å². The summed E-state index contributed by atoms with van der Waals surface area (Å²) in [7, 11) is -3.56. The Bertz CT molecular complexity index is 1310. The quantitative estimate of drug-likeness (QED) is 0.648. The molecule has 3 heterocycles. The number of nitrogens with one attached hydrogen (secondary N) is 1. The van der Waals surface area contributed by atoms with Gasteiger partial charge >= 0.3 is 6.09 Å². The van der Waals surface area contributed by atoms with Crippen LogP contribution in [0.2, 0.25) is 0 Å². The summed E-state index contributed by atoms with van der Waals surface area (Å²) in [6.45, 7) is 5.29. The standard InChI is InChI=1S/C23H27F2N5O5S/c1-22(2,3)35-21(31)27-18-8-23(12-26,13-34-20(18)16-7-15(24)5-6-17(16)25)29-9-14-10-30(36(4,32)33)28-19(14)11-29/h5-7,10,18,20H,8-9,11,13H2,1-4H3,(H,27,31). The van der Waals surface area contributed by atoms with Crippen molar-refractivity contribution in [3.8, 4) is 6.07 Å². The fourth-order valence-corrected chi connectivity index (χ4v) is 5.03. The Morgan fingerprint density at radius 3 is 2.67 bits per heavy atom. The number of ether oxygens (including phenoxy) is 2. The van der Waals surface area contributed by atoms with E-state index in [0.717, 1.165) is 28.5 Å². The number of aromatic nitrogens is 2. The molecule has 0 spiro atoms. The minimum absolute atomic E-state index is 0.0136. The first-order chi connectivity index (χ1) is 16.7. The largest absolute Gasteiger partial charge is 0.444 e. The average molecular weight is 524 g/mol. The number of fused-ring (bicyclic) bond motifs is 1. The van der Waals surface area contributed by atoms with Crippen LogP contribution in [0, 0.1) is 23.0 Å². The molecule has 0 bridgehead atoms. The molecule has 3 atom stereocenters. The predicted molar refractivity (Wildman–Crippen MR) is 123 cm³/mol. The topological polar surface area (TPSA) is 127 Å². The van der Waals surface area contributed by atoms with Gasteiger partial charge in [-0.2, -0.15) is 14.4 Å². The second-order valence-corrected chi connectivity index (χ2v) is 11.9. The Morgan fingerprint density at radius 2 is 2.06 bits per heavy atom. The average Bonchev–Trinajstić information content (AvgIpc) is 3.34. The molecule has 1 amide bonds. The number of nitriles is 1. The summed E-state index contributed by atoms with van der Waals surface area (Å²) in [5.74, 6) is -1.38. The van der Waals surface area contributed by atoms with Crippen molar-refractivity contribution < 1.29 is 31.5 Å². The van der Waals surface area contributed by atoms with Crippen LogP contribution < -0.4 is 5.32 Å². The summed E-state index contributed by atoms with van der Waals surface area (Å²) < 4.78 is 64.4. The van der Waals surface area contributed by atoms with Crippen LogP contribution in [0.25, 0.3) is 0 Å². The maximum absolute atomic E-state index is 14.7. The molecule has 2 aliphatic rings. The van der Waals surface area contributed by atoms with Crippen molar-refractivity contribution in [3.05, 3.63) is 52.9 Å². The lowest BCUT2D eigenvalue weighted by Gasteiger charge is -2.45. The highest BCUT2D eigenvalue weighted by molar-refractivity contribution is 7.89. The normalized spacial score (nSPS) is 24.7. The molecule has 13 heteroatoms. The Morgan fingerprint density at radius 1 is 1.33 bits per heavy atom. The van der Waals surface area contributed by atoms with E-state index in [4.69, 9.17) is 9.47 Å². The smallest absolute Gasteiger partial charge is 0.407 e. The molecule has 194 valence electrons. The Hall–Kier alpha value is -3.08. The van der Waals surface area contributed by atoms with Crippen molar-refractivity contribution in [2.24, 2.45) is 0 Å². The van der Waals surface area contributed by atoms with Crippen molar-refractivity contribution in [3.63, 3.8) is 0 Å². The van der Waals surface area contributed by atoms with Gasteiger partial charge in [-0.15, -0.1) is 0 Å². The van der Waals surface area contributed by atoms with E-state index < -0.39 is 51.0 Å². The highest BCUT2D eigenvalue weighted by Crippen LogP contribution is 2.40. The molecule has 3 unspecified atom stereocenters. The summed E-state index contributed by atoms with van der Waals surface area (Å²) in [5, 5.41) is 17.0. The maximum Gasteiger partial charge on any atom is 0.407 e. The first-order valence-electron chi connectivity index (χ1n) is 11.2. The lowest BCUT2D eigenvalue weighted by atomic mass is 9.84. The van der Waals surface area contributed by atoms with Gasteiger partial charge in [0, 0.05) is 36.8 Å². The van der Waals surface area contributed by atoms with E-state index in [2.05, 4.69) is 16.5 Å². The molecule has 0 saturated carbocycles. The maximum atomic E-state index is 14.7. The third kappa shape index (κ3) is 5.21. The Labute approximate surface area is 207 Å². The van der Waals surface area contributed by atoms with Gasteiger partial charge in [0.1, 0.15) is 28.9 Å². The van der Waals surface area contributed by atoms with Gasteiger partial charge in [-0.25, -0.2) is 22.0 Å². The summed E-state index contributed by atoms with van der Waals surface area (Å²) in [6.07, 6.45) is 0.590. The molecule has 36 heavy (non-hydrogen) atoms.